The Bertz CT molecular complexity index is 620. The van der Waals surface area contributed by atoms with Gasteiger partial charge in [-0.3, -0.25) is 4.79 Å². The number of H-pyrrole nitrogens is 1. The van der Waals surface area contributed by atoms with E-state index in [4.69, 9.17) is 11.6 Å². The van der Waals surface area contributed by atoms with Crippen molar-refractivity contribution in [2.45, 2.75) is 19.4 Å². The Kier molecular flexibility index (Phi) is 2.59. The fraction of sp³-hybridized carbons (Fsp3) is 0.231. The van der Waals surface area contributed by atoms with Crippen molar-refractivity contribution in [3.63, 3.8) is 0 Å². The van der Waals surface area contributed by atoms with E-state index in [0.717, 1.165) is 28.9 Å². The largest absolute Gasteiger partial charge is 0.358 e. The highest BCUT2D eigenvalue weighted by Crippen LogP contribution is 2.26. The smallest absolute Gasteiger partial charge is 0.253 e. The van der Waals surface area contributed by atoms with E-state index < -0.39 is 0 Å². The zero-order chi connectivity index (χ0) is 12.7. The lowest BCUT2D eigenvalue weighted by atomic mass is 10.0. The molecule has 5 heteroatoms. The first kappa shape index (κ1) is 11.3. The lowest BCUT2D eigenvalue weighted by molar-refractivity contribution is 0.0929. The highest BCUT2D eigenvalue weighted by molar-refractivity contribution is 6.29. The number of nitrogens with one attached hydrogen (secondary N) is 2. The van der Waals surface area contributed by atoms with Crippen LogP contribution in [0.2, 0.25) is 5.15 Å². The molecule has 0 spiro atoms. The standard InChI is InChI=1S/C13H12ClN3O/c1-7-4-11-9(13(18)16-7)6-10(17-11)8-2-3-15-12(14)5-8/h2-3,5-7,17H,4H2,1H3,(H,16,18). The average Bonchev–Trinajstić information content (AvgIpc) is 2.73. The summed E-state index contributed by atoms with van der Waals surface area (Å²) in [7, 11) is 0. The Balaban J connectivity index is 2.06. The molecule has 1 unspecified atom stereocenters. The molecule has 1 atom stereocenters. The van der Waals surface area contributed by atoms with Gasteiger partial charge in [-0.2, -0.15) is 0 Å². The minimum Gasteiger partial charge on any atom is -0.358 e. The van der Waals surface area contributed by atoms with Gasteiger partial charge in [-0.1, -0.05) is 11.6 Å². The third kappa shape index (κ3) is 1.88. The Morgan fingerprint density at radius 2 is 2.28 bits per heavy atom. The number of carbonyl (C=O) groups excluding carboxylic acids is 1. The maximum Gasteiger partial charge on any atom is 0.253 e. The third-order valence-electron chi connectivity index (χ3n) is 3.07. The molecular formula is C13H12ClN3O. The number of hydrogen-bond donors (Lipinski definition) is 2. The van der Waals surface area contributed by atoms with Gasteiger partial charge in [0.2, 0.25) is 0 Å². The maximum absolute atomic E-state index is 11.8. The minimum atomic E-state index is -0.0218. The molecule has 0 fully saturated rings. The highest BCUT2D eigenvalue weighted by atomic mass is 35.5. The number of nitrogens with zero attached hydrogens (tertiary/aromatic N) is 1. The molecule has 0 aromatic carbocycles. The molecule has 18 heavy (non-hydrogen) atoms. The van der Waals surface area contributed by atoms with Crippen LogP contribution in [0.15, 0.2) is 24.4 Å². The molecule has 0 radical (unpaired) electrons. The molecule has 92 valence electrons. The number of pyridine rings is 1. The lowest BCUT2D eigenvalue weighted by Gasteiger charge is -2.19. The van der Waals surface area contributed by atoms with E-state index in [2.05, 4.69) is 15.3 Å². The van der Waals surface area contributed by atoms with Gasteiger partial charge in [0.1, 0.15) is 5.15 Å². The van der Waals surface area contributed by atoms with Gasteiger partial charge in [0.25, 0.3) is 5.91 Å². The normalized spacial score (nSPS) is 18.3. The van der Waals surface area contributed by atoms with Crippen molar-refractivity contribution in [3.8, 4) is 11.3 Å². The summed E-state index contributed by atoms with van der Waals surface area (Å²) in [5.74, 6) is -0.0218. The van der Waals surface area contributed by atoms with E-state index in [1.54, 1.807) is 12.3 Å². The van der Waals surface area contributed by atoms with Crippen LogP contribution in [0, 0.1) is 0 Å². The van der Waals surface area contributed by atoms with E-state index in [-0.39, 0.29) is 11.9 Å². The fourth-order valence-electron chi connectivity index (χ4n) is 2.25. The van der Waals surface area contributed by atoms with Crippen LogP contribution in [0.3, 0.4) is 0 Å². The number of carbonyl (C=O) groups is 1. The summed E-state index contributed by atoms with van der Waals surface area (Å²) in [5.41, 5.74) is 3.53. The molecule has 0 aliphatic carbocycles. The van der Waals surface area contributed by atoms with Gasteiger partial charge in [0.05, 0.1) is 5.56 Å². The molecular weight excluding hydrogens is 250 g/mol. The second-order valence-corrected chi connectivity index (χ2v) is 4.91. The predicted molar refractivity (Wildman–Crippen MR) is 69.7 cm³/mol. The van der Waals surface area contributed by atoms with Crippen molar-refractivity contribution in [2.75, 3.05) is 0 Å². The van der Waals surface area contributed by atoms with Crippen LogP contribution >= 0.6 is 11.6 Å². The van der Waals surface area contributed by atoms with Crippen LogP contribution in [0.4, 0.5) is 0 Å². The van der Waals surface area contributed by atoms with Crippen molar-refractivity contribution in [3.05, 3.63) is 40.8 Å². The molecule has 3 rings (SSSR count). The van der Waals surface area contributed by atoms with E-state index in [0.29, 0.717) is 5.15 Å². The molecule has 1 aliphatic rings. The van der Waals surface area contributed by atoms with Crippen molar-refractivity contribution in [1.82, 2.24) is 15.3 Å². The second-order valence-electron chi connectivity index (χ2n) is 4.52. The first-order chi connectivity index (χ1) is 8.63. The molecule has 3 heterocycles. The highest BCUT2D eigenvalue weighted by Gasteiger charge is 2.24. The molecule has 2 aromatic heterocycles. The zero-order valence-electron chi connectivity index (χ0n) is 9.83. The van der Waals surface area contributed by atoms with Gasteiger partial charge in [0.15, 0.2) is 0 Å². The summed E-state index contributed by atoms with van der Waals surface area (Å²) in [6.45, 7) is 1.99. The van der Waals surface area contributed by atoms with Gasteiger partial charge >= 0.3 is 0 Å². The van der Waals surface area contributed by atoms with Crippen LogP contribution in [0.1, 0.15) is 23.0 Å². The maximum atomic E-state index is 11.8. The number of amides is 1. The fourth-order valence-corrected chi connectivity index (χ4v) is 2.42. The van der Waals surface area contributed by atoms with E-state index in [1.165, 1.54) is 0 Å². The second kappa shape index (κ2) is 4.14. The van der Waals surface area contributed by atoms with Crippen LogP contribution in [0.25, 0.3) is 11.3 Å². The van der Waals surface area contributed by atoms with Crippen LogP contribution in [0.5, 0.6) is 0 Å². The third-order valence-corrected chi connectivity index (χ3v) is 3.28. The molecule has 2 aromatic rings. The summed E-state index contributed by atoms with van der Waals surface area (Å²) >= 11 is 5.87. The van der Waals surface area contributed by atoms with Gasteiger partial charge in [0, 0.05) is 35.6 Å². The van der Waals surface area contributed by atoms with E-state index >= 15 is 0 Å². The van der Waals surface area contributed by atoms with Gasteiger partial charge in [-0.25, -0.2) is 4.98 Å². The quantitative estimate of drug-likeness (QED) is 0.775. The first-order valence-corrected chi connectivity index (χ1v) is 6.16. The number of fused-ring (bicyclic) bond motifs is 1. The zero-order valence-corrected chi connectivity index (χ0v) is 10.6. The number of aromatic nitrogens is 2. The Labute approximate surface area is 109 Å². The van der Waals surface area contributed by atoms with Crippen molar-refractivity contribution >= 4 is 17.5 Å². The number of rotatable bonds is 1. The van der Waals surface area contributed by atoms with Crippen LogP contribution < -0.4 is 5.32 Å². The summed E-state index contributed by atoms with van der Waals surface area (Å²) in [4.78, 5) is 19.1. The van der Waals surface area contributed by atoms with Crippen molar-refractivity contribution < 1.29 is 4.79 Å². The van der Waals surface area contributed by atoms with Gasteiger partial charge in [-0.05, 0) is 25.1 Å². The van der Waals surface area contributed by atoms with Gasteiger partial charge < -0.3 is 10.3 Å². The van der Waals surface area contributed by atoms with Gasteiger partial charge in [-0.15, -0.1) is 0 Å². The average molecular weight is 262 g/mol. The SMILES string of the molecule is CC1Cc2[nH]c(-c3ccnc(Cl)c3)cc2C(=O)N1. The molecule has 0 bridgehead atoms. The number of aromatic amines is 1. The molecule has 0 saturated carbocycles. The van der Waals surface area contributed by atoms with Crippen molar-refractivity contribution in [2.24, 2.45) is 0 Å². The molecule has 4 nitrogen and oxygen atoms in total. The first-order valence-electron chi connectivity index (χ1n) is 5.78. The minimum absolute atomic E-state index is 0.0218. The topological polar surface area (TPSA) is 57.8 Å². The van der Waals surface area contributed by atoms with Crippen LogP contribution in [-0.4, -0.2) is 21.9 Å². The molecule has 2 N–H and O–H groups in total. The lowest BCUT2D eigenvalue weighted by Crippen LogP contribution is -2.38. The van der Waals surface area contributed by atoms with Crippen LogP contribution in [-0.2, 0) is 6.42 Å². The number of hydrogen-bond acceptors (Lipinski definition) is 2. The summed E-state index contributed by atoms with van der Waals surface area (Å²) in [6.07, 6.45) is 2.47. The van der Waals surface area contributed by atoms with E-state index in [9.17, 15) is 4.79 Å². The molecule has 0 saturated heterocycles. The Morgan fingerprint density at radius 3 is 3.06 bits per heavy atom. The van der Waals surface area contributed by atoms with E-state index in [1.807, 2.05) is 19.1 Å². The summed E-state index contributed by atoms with van der Waals surface area (Å²) < 4.78 is 0. The monoisotopic (exact) mass is 261 g/mol. The predicted octanol–water partition coefficient (Wildman–Crippen LogP) is 2.40. The summed E-state index contributed by atoms with van der Waals surface area (Å²) in [6, 6.07) is 5.67. The van der Waals surface area contributed by atoms with Crippen molar-refractivity contribution in [1.29, 1.82) is 0 Å². The Hall–Kier alpha value is -1.81. The summed E-state index contributed by atoms with van der Waals surface area (Å²) in [5, 5.41) is 3.36. The Morgan fingerprint density at radius 1 is 1.44 bits per heavy atom. The number of halogens is 1. The molecule has 1 amide bonds. The molecule has 1 aliphatic heterocycles.